The molecule has 0 saturated carbocycles. The highest BCUT2D eigenvalue weighted by Crippen LogP contribution is 2.50. The number of hydrogen-bond acceptors (Lipinski definition) is 1. The molecule has 62 valence electrons. The Labute approximate surface area is 64.6 Å². The minimum absolute atomic E-state index is 0.433. The summed E-state index contributed by atoms with van der Waals surface area (Å²) in [7, 11) is -1.77. The molecular weight excluding hydrogens is 143 g/mol. The normalized spacial score (nSPS) is 15.2. The Morgan fingerprint density at radius 1 is 1.20 bits per heavy atom. The zero-order valence-electron chi connectivity index (χ0n) is 7.55. The number of rotatable bonds is 4. The molecule has 0 aromatic heterocycles. The van der Waals surface area contributed by atoms with Gasteiger partial charge in [0.25, 0.3) is 0 Å². The summed E-state index contributed by atoms with van der Waals surface area (Å²) in [5.74, 6) is 0. The van der Waals surface area contributed by atoms with Gasteiger partial charge in [0.1, 0.15) is 0 Å². The Morgan fingerprint density at radius 2 is 1.60 bits per heavy atom. The predicted molar refractivity (Wildman–Crippen MR) is 48.4 cm³/mol. The van der Waals surface area contributed by atoms with Crippen LogP contribution in [0.15, 0.2) is 0 Å². The zero-order chi connectivity index (χ0) is 8.20. The summed E-state index contributed by atoms with van der Waals surface area (Å²) in [6.07, 6.45) is 2.80. The van der Waals surface area contributed by atoms with E-state index in [2.05, 4.69) is 13.8 Å². The van der Waals surface area contributed by atoms with Gasteiger partial charge in [0.15, 0.2) is 0 Å². The van der Waals surface area contributed by atoms with Crippen LogP contribution in [0.5, 0.6) is 0 Å². The largest absolute Gasteiger partial charge is 0.323 e. The lowest BCUT2D eigenvalue weighted by Gasteiger charge is -2.20. The summed E-state index contributed by atoms with van der Waals surface area (Å²) in [5, 5.41) is 0. The summed E-state index contributed by atoms with van der Waals surface area (Å²) in [6, 6.07) is 0. The second kappa shape index (κ2) is 4.18. The van der Waals surface area contributed by atoms with Crippen LogP contribution in [0.2, 0.25) is 0 Å². The molecule has 0 saturated heterocycles. The molecule has 0 fully saturated rings. The van der Waals surface area contributed by atoms with E-state index >= 15 is 0 Å². The van der Waals surface area contributed by atoms with Crippen LogP contribution in [-0.4, -0.2) is 18.0 Å². The Hall–Kier alpha value is 0.230. The van der Waals surface area contributed by atoms with Crippen LogP contribution in [-0.2, 0) is 4.57 Å². The lowest BCUT2D eigenvalue weighted by atomic mass is 10.4. The average molecular weight is 162 g/mol. The van der Waals surface area contributed by atoms with Gasteiger partial charge in [-0.1, -0.05) is 27.7 Å². The van der Waals surface area contributed by atoms with Crippen molar-refractivity contribution in [2.75, 3.05) is 12.3 Å². The average Bonchev–Trinajstić information content (AvgIpc) is 2.01. The van der Waals surface area contributed by atoms with Gasteiger partial charge < -0.3 is 4.57 Å². The van der Waals surface area contributed by atoms with Gasteiger partial charge in [-0.25, -0.2) is 0 Å². The fraction of sp³-hybridized carbons (Fsp3) is 1.00. The maximum Gasteiger partial charge on any atom is 0.0898 e. The van der Waals surface area contributed by atoms with E-state index in [1.165, 1.54) is 0 Å². The third kappa shape index (κ3) is 2.12. The summed E-state index contributed by atoms with van der Waals surface area (Å²) in [5.41, 5.74) is 0.433. The van der Waals surface area contributed by atoms with Gasteiger partial charge in [-0.3, -0.25) is 0 Å². The maximum absolute atomic E-state index is 11.9. The fourth-order valence-corrected chi connectivity index (χ4v) is 3.54. The molecule has 2 heteroatoms. The summed E-state index contributed by atoms with van der Waals surface area (Å²) in [6.45, 7) is 8.29. The highest BCUT2D eigenvalue weighted by atomic mass is 31.2. The van der Waals surface area contributed by atoms with Gasteiger partial charge in [0.05, 0.1) is 7.14 Å². The third-order valence-corrected chi connectivity index (χ3v) is 6.58. The highest BCUT2D eigenvalue weighted by molar-refractivity contribution is 7.64. The Morgan fingerprint density at radius 3 is 1.70 bits per heavy atom. The minimum Gasteiger partial charge on any atom is -0.323 e. The quantitative estimate of drug-likeness (QED) is 0.580. The molecule has 0 bridgehead atoms. The molecule has 0 aromatic carbocycles. The third-order valence-electron chi connectivity index (χ3n) is 2.46. The van der Waals surface area contributed by atoms with Crippen molar-refractivity contribution in [1.82, 2.24) is 0 Å². The Kier molecular flexibility index (Phi) is 4.28. The van der Waals surface area contributed by atoms with Crippen LogP contribution in [0.3, 0.4) is 0 Å². The summed E-state index contributed by atoms with van der Waals surface area (Å²) in [4.78, 5) is 0. The zero-order valence-corrected chi connectivity index (χ0v) is 8.45. The molecule has 0 aliphatic heterocycles. The van der Waals surface area contributed by atoms with Crippen molar-refractivity contribution >= 4 is 7.14 Å². The summed E-state index contributed by atoms with van der Waals surface area (Å²) < 4.78 is 11.9. The van der Waals surface area contributed by atoms with Crippen molar-refractivity contribution in [2.24, 2.45) is 0 Å². The molecule has 0 aliphatic carbocycles. The van der Waals surface area contributed by atoms with E-state index in [-0.39, 0.29) is 0 Å². The maximum atomic E-state index is 11.9. The second-order valence-corrected chi connectivity index (χ2v) is 6.89. The first-order valence-corrected chi connectivity index (χ1v) is 6.33. The molecule has 0 spiro atoms. The van der Waals surface area contributed by atoms with E-state index in [9.17, 15) is 4.57 Å². The molecule has 0 radical (unpaired) electrons. The molecular formula is C8H19OP. The van der Waals surface area contributed by atoms with E-state index in [0.717, 1.165) is 18.7 Å². The fourth-order valence-electron chi connectivity index (χ4n) is 1.18. The van der Waals surface area contributed by atoms with Crippen LogP contribution < -0.4 is 0 Å². The van der Waals surface area contributed by atoms with Crippen LogP contribution in [0.25, 0.3) is 0 Å². The van der Waals surface area contributed by atoms with Crippen molar-refractivity contribution in [3.8, 4) is 0 Å². The molecule has 0 aromatic rings. The van der Waals surface area contributed by atoms with E-state index in [1.54, 1.807) is 0 Å². The lowest BCUT2D eigenvalue weighted by Crippen LogP contribution is -2.05. The smallest absolute Gasteiger partial charge is 0.0898 e. The first-order valence-electron chi connectivity index (χ1n) is 4.18. The van der Waals surface area contributed by atoms with Gasteiger partial charge in [0.2, 0.25) is 0 Å². The highest BCUT2D eigenvalue weighted by Gasteiger charge is 2.23. The monoisotopic (exact) mass is 162 g/mol. The first kappa shape index (κ1) is 10.2. The van der Waals surface area contributed by atoms with Crippen molar-refractivity contribution < 1.29 is 4.57 Å². The molecule has 10 heavy (non-hydrogen) atoms. The molecule has 1 atom stereocenters. The van der Waals surface area contributed by atoms with E-state index in [4.69, 9.17) is 0 Å². The van der Waals surface area contributed by atoms with Crippen molar-refractivity contribution in [3.63, 3.8) is 0 Å². The van der Waals surface area contributed by atoms with E-state index in [0.29, 0.717) is 5.66 Å². The molecule has 1 unspecified atom stereocenters. The molecule has 0 aliphatic rings. The van der Waals surface area contributed by atoms with Gasteiger partial charge in [-0.05, 0) is 18.7 Å². The lowest BCUT2D eigenvalue weighted by molar-refractivity contribution is 0.565. The minimum atomic E-state index is -1.77. The van der Waals surface area contributed by atoms with Crippen LogP contribution in [0.4, 0.5) is 0 Å². The van der Waals surface area contributed by atoms with Gasteiger partial charge in [-0.15, -0.1) is 0 Å². The topological polar surface area (TPSA) is 17.1 Å². The standard InChI is InChI=1S/C8H19OP/c1-5-8(4)10(9,6-2)7-3/h8H,5-7H2,1-4H3. The second-order valence-electron chi connectivity index (χ2n) is 2.84. The van der Waals surface area contributed by atoms with Crippen LogP contribution in [0.1, 0.15) is 34.1 Å². The Balaban J connectivity index is 4.18. The Bertz CT molecular complexity index is 123. The van der Waals surface area contributed by atoms with Crippen molar-refractivity contribution in [3.05, 3.63) is 0 Å². The molecule has 1 nitrogen and oxygen atoms in total. The molecule has 0 heterocycles. The van der Waals surface area contributed by atoms with Gasteiger partial charge in [-0.2, -0.15) is 0 Å². The van der Waals surface area contributed by atoms with Crippen molar-refractivity contribution in [1.29, 1.82) is 0 Å². The first-order chi connectivity index (χ1) is 4.60. The number of hydrogen-bond donors (Lipinski definition) is 0. The van der Waals surface area contributed by atoms with E-state index in [1.807, 2.05) is 13.8 Å². The molecule has 0 rings (SSSR count). The van der Waals surface area contributed by atoms with Gasteiger partial charge >= 0.3 is 0 Å². The van der Waals surface area contributed by atoms with Gasteiger partial charge in [0, 0.05) is 5.66 Å². The molecule has 0 amide bonds. The van der Waals surface area contributed by atoms with Crippen molar-refractivity contribution in [2.45, 2.75) is 39.8 Å². The van der Waals surface area contributed by atoms with Crippen LogP contribution >= 0.6 is 7.14 Å². The summed E-state index contributed by atoms with van der Waals surface area (Å²) >= 11 is 0. The van der Waals surface area contributed by atoms with Crippen LogP contribution in [0, 0.1) is 0 Å². The van der Waals surface area contributed by atoms with E-state index < -0.39 is 7.14 Å². The molecule has 0 N–H and O–H groups in total. The predicted octanol–water partition coefficient (Wildman–Crippen LogP) is 3.19. The SMILES string of the molecule is CCC(C)P(=O)(CC)CC.